The van der Waals surface area contributed by atoms with Gasteiger partial charge in [0.2, 0.25) is 0 Å². The summed E-state index contributed by atoms with van der Waals surface area (Å²) >= 11 is 0. The molecule has 4 heteroatoms. The molecule has 3 N–H and O–H groups in total. The normalized spacial score (nSPS) is 26.8. The summed E-state index contributed by atoms with van der Waals surface area (Å²) in [7, 11) is 0. The van der Waals surface area contributed by atoms with Crippen molar-refractivity contribution in [2.45, 2.75) is 38.9 Å². The number of hydrogen-bond donors (Lipinski definition) is 3. The SMILES string of the molecule is CCN(CC)CC(O)CNCC1CC(O)C1. The second-order valence-corrected chi connectivity index (χ2v) is 4.79. The third-order valence-electron chi connectivity index (χ3n) is 3.39. The van der Waals surface area contributed by atoms with E-state index in [1.54, 1.807) is 0 Å². The highest BCUT2D eigenvalue weighted by Crippen LogP contribution is 2.25. The van der Waals surface area contributed by atoms with Crippen molar-refractivity contribution in [2.24, 2.45) is 5.92 Å². The van der Waals surface area contributed by atoms with Crippen molar-refractivity contribution >= 4 is 0 Å². The predicted molar refractivity (Wildman–Crippen MR) is 65.4 cm³/mol. The first kappa shape index (κ1) is 13.9. The molecule has 0 bridgehead atoms. The number of likely N-dealkylation sites (N-methyl/N-ethyl adjacent to an activating group) is 1. The number of aliphatic hydroxyl groups excluding tert-OH is 2. The maximum Gasteiger partial charge on any atom is 0.0791 e. The summed E-state index contributed by atoms with van der Waals surface area (Å²) in [6.45, 7) is 8.52. The molecule has 1 rings (SSSR count). The summed E-state index contributed by atoms with van der Waals surface area (Å²) in [6, 6.07) is 0. The van der Waals surface area contributed by atoms with Crippen molar-refractivity contribution in [3.8, 4) is 0 Å². The lowest BCUT2D eigenvalue weighted by Crippen LogP contribution is -2.42. The molecule has 0 heterocycles. The summed E-state index contributed by atoms with van der Waals surface area (Å²) < 4.78 is 0. The zero-order valence-corrected chi connectivity index (χ0v) is 10.5. The molecule has 1 saturated carbocycles. The molecule has 0 saturated heterocycles. The van der Waals surface area contributed by atoms with Crippen LogP contribution in [-0.2, 0) is 0 Å². The van der Waals surface area contributed by atoms with Crippen LogP contribution < -0.4 is 5.32 Å². The molecule has 0 aromatic rings. The number of nitrogens with one attached hydrogen (secondary N) is 1. The fourth-order valence-corrected chi connectivity index (χ4v) is 2.17. The Labute approximate surface area is 98.6 Å². The lowest BCUT2D eigenvalue weighted by Gasteiger charge is -2.32. The standard InChI is InChI=1S/C12H26N2O2/c1-3-14(4-2)9-12(16)8-13-7-10-5-11(15)6-10/h10-13,15-16H,3-9H2,1-2H3. The number of nitrogens with zero attached hydrogens (tertiary/aromatic N) is 1. The van der Waals surface area contributed by atoms with E-state index >= 15 is 0 Å². The smallest absolute Gasteiger partial charge is 0.0791 e. The van der Waals surface area contributed by atoms with Crippen LogP contribution in [0.1, 0.15) is 26.7 Å². The van der Waals surface area contributed by atoms with Gasteiger partial charge < -0.3 is 20.4 Å². The molecule has 0 aromatic carbocycles. The molecule has 0 spiro atoms. The number of hydrogen-bond acceptors (Lipinski definition) is 4. The second kappa shape index (κ2) is 7.22. The van der Waals surface area contributed by atoms with Crippen LogP contribution in [0.25, 0.3) is 0 Å². The van der Waals surface area contributed by atoms with Crippen molar-refractivity contribution in [1.82, 2.24) is 10.2 Å². The van der Waals surface area contributed by atoms with Crippen LogP contribution >= 0.6 is 0 Å². The molecular formula is C12H26N2O2. The van der Waals surface area contributed by atoms with Crippen molar-refractivity contribution < 1.29 is 10.2 Å². The van der Waals surface area contributed by atoms with Crippen LogP contribution in [0, 0.1) is 5.92 Å². The highest BCUT2D eigenvalue weighted by molar-refractivity contribution is 4.80. The van der Waals surface area contributed by atoms with Crippen LogP contribution in [-0.4, -0.2) is 60.0 Å². The molecule has 0 radical (unpaired) electrons. The molecule has 0 aromatic heterocycles. The summed E-state index contributed by atoms with van der Waals surface area (Å²) in [5, 5.41) is 22.2. The van der Waals surface area contributed by atoms with Crippen molar-refractivity contribution in [3.63, 3.8) is 0 Å². The number of rotatable bonds is 8. The molecule has 1 atom stereocenters. The van der Waals surface area contributed by atoms with Crippen LogP contribution in [0.15, 0.2) is 0 Å². The Morgan fingerprint density at radius 3 is 2.44 bits per heavy atom. The Morgan fingerprint density at radius 2 is 1.94 bits per heavy atom. The molecule has 0 aliphatic heterocycles. The van der Waals surface area contributed by atoms with Gasteiger partial charge in [-0.1, -0.05) is 13.8 Å². The molecule has 1 aliphatic carbocycles. The second-order valence-electron chi connectivity index (χ2n) is 4.79. The fourth-order valence-electron chi connectivity index (χ4n) is 2.17. The Hall–Kier alpha value is -0.160. The summed E-state index contributed by atoms with van der Waals surface area (Å²) in [4.78, 5) is 2.22. The van der Waals surface area contributed by atoms with Gasteiger partial charge in [0, 0.05) is 13.1 Å². The van der Waals surface area contributed by atoms with E-state index in [0.717, 1.165) is 39.0 Å². The van der Waals surface area contributed by atoms with E-state index < -0.39 is 0 Å². The molecule has 1 aliphatic rings. The minimum absolute atomic E-state index is 0.0765. The maximum atomic E-state index is 9.78. The Kier molecular flexibility index (Phi) is 6.28. The van der Waals surface area contributed by atoms with E-state index in [9.17, 15) is 5.11 Å². The highest BCUT2D eigenvalue weighted by atomic mass is 16.3. The lowest BCUT2D eigenvalue weighted by atomic mass is 9.82. The highest BCUT2D eigenvalue weighted by Gasteiger charge is 2.26. The summed E-state index contributed by atoms with van der Waals surface area (Å²) in [5.74, 6) is 0.607. The van der Waals surface area contributed by atoms with Crippen molar-refractivity contribution in [3.05, 3.63) is 0 Å². The lowest BCUT2D eigenvalue weighted by molar-refractivity contribution is 0.0405. The van der Waals surface area contributed by atoms with Crippen LogP contribution in [0.4, 0.5) is 0 Å². The van der Waals surface area contributed by atoms with E-state index in [1.165, 1.54) is 0 Å². The summed E-state index contributed by atoms with van der Waals surface area (Å²) in [6.07, 6.45) is 1.47. The molecule has 0 amide bonds. The Balaban J connectivity index is 1.99. The minimum Gasteiger partial charge on any atom is -0.393 e. The predicted octanol–water partition coefficient (Wildman–Crippen LogP) is 0.0496. The third kappa shape index (κ3) is 4.78. The summed E-state index contributed by atoms with van der Waals surface area (Å²) in [5.41, 5.74) is 0. The first-order chi connectivity index (χ1) is 7.65. The molecular weight excluding hydrogens is 204 g/mol. The van der Waals surface area contributed by atoms with Gasteiger partial charge in [-0.3, -0.25) is 0 Å². The van der Waals surface area contributed by atoms with Crippen LogP contribution in [0.3, 0.4) is 0 Å². The van der Waals surface area contributed by atoms with E-state index in [1.807, 2.05) is 0 Å². The average molecular weight is 230 g/mol. The topological polar surface area (TPSA) is 55.7 Å². The fraction of sp³-hybridized carbons (Fsp3) is 1.00. The van der Waals surface area contributed by atoms with Gasteiger partial charge >= 0.3 is 0 Å². The Bertz CT molecular complexity index is 180. The largest absolute Gasteiger partial charge is 0.393 e. The first-order valence-electron chi connectivity index (χ1n) is 6.44. The molecule has 1 fully saturated rings. The van der Waals surface area contributed by atoms with E-state index in [4.69, 9.17) is 5.11 Å². The van der Waals surface area contributed by atoms with Crippen molar-refractivity contribution in [2.75, 3.05) is 32.7 Å². The van der Waals surface area contributed by atoms with Gasteiger partial charge in [-0.05, 0) is 38.4 Å². The Morgan fingerprint density at radius 1 is 1.31 bits per heavy atom. The first-order valence-corrected chi connectivity index (χ1v) is 6.44. The van der Waals surface area contributed by atoms with Gasteiger partial charge in [-0.25, -0.2) is 0 Å². The third-order valence-corrected chi connectivity index (χ3v) is 3.39. The quantitative estimate of drug-likeness (QED) is 0.551. The van der Waals surface area contributed by atoms with Gasteiger partial charge in [0.1, 0.15) is 0 Å². The molecule has 4 nitrogen and oxygen atoms in total. The molecule has 96 valence electrons. The van der Waals surface area contributed by atoms with E-state index in [-0.39, 0.29) is 12.2 Å². The van der Waals surface area contributed by atoms with E-state index in [2.05, 4.69) is 24.1 Å². The van der Waals surface area contributed by atoms with Gasteiger partial charge in [0.05, 0.1) is 12.2 Å². The molecule has 1 unspecified atom stereocenters. The van der Waals surface area contributed by atoms with Gasteiger partial charge in [-0.2, -0.15) is 0 Å². The monoisotopic (exact) mass is 230 g/mol. The van der Waals surface area contributed by atoms with Gasteiger partial charge in [0.15, 0.2) is 0 Å². The van der Waals surface area contributed by atoms with Crippen LogP contribution in [0.5, 0.6) is 0 Å². The molecule has 16 heavy (non-hydrogen) atoms. The van der Waals surface area contributed by atoms with Gasteiger partial charge in [0.25, 0.3) is 0 Å². The number of aliphatic hydroxyl groups is 2. The van der Waals surface area contributed by atoms with Crippen molar-refractivity contribution in [1.29, 1.82) is 0 Å². The maximum absolute atomic E-state index is 9.78. The average Bonchev–Trinajstić information content (AvgIpc) is 2.23. The zero-order chi connectivity index (χ0) is 12.0. The van der Waals surface area contributed by atoms with Gasteiger partial charge in [-0.15, -0.1) is 0 Å². The van der Waals surface area contributed by atoms with E-state index in [0.29, 0.717) is 12.5 Å². The van der Waals surface area contributed by atoms with Crippen LogP contribution in [0.2, 0.25) is 0 Å². The minimum atomic E-state index is -0.287. The zero-order valence-electron chi connectivity index (χ0n) is 10.5.